The van der Waals surface area contributed by atoms with E-state index < -0.39 is 29.0 Å². The van der Waals surface area contributed by atoms with E-state index >= 15 is 0 Å². The van der Waals surface area contributed by atoms with Gasteiger partial charge in [0, 0.05) is 34.9 Å². The summed E-state index contributed by atoms with van der Waals surface area (Å²) in [5.74, 6) is 0.0766. The quantitative estimate of drug-likeness (QED) is 0.563. The first-order chi connectivity index (χ1) is 14.4. The second kappa shape index (κ2) is 6.07. The zero-order valence-electron chi connectivity index (χ0n) is 16.7. The highest BCUT2D eigenvalue weighted by atomic mass is 35.5. The molecule has 6 atom stereocenters. The zero-order valence-corrected chi connectivity index (χ0v) is 17.5. The molecule has 156 valence electrons. The van der Waals surface area contributed by atoms with Crippen molar-refractivity contribution < 1.29 is 19.7 Å². The molecule has 0 radical (unpaired) electrons. The van der Waals surface area contributed by atoms with Gasteiger partial charge >= 0.3 is 0 Å². The Hall–Kier alpha value is -1.92. The molecule has 6 heteroatoms. The van der Waals surface area contributed by atoms with Crippen LogP contribution >= 0.6 is 11.6 Å². The van der Waals surface area contributed by atoms with Crippen LogP contribution in [0.1, 0.15) is 29.6 Å². The third-order valence-corrected chi connectivity index (χ3v) is 8.32. The average Bonchev–Trinajstić information content (AvgIpc) is 3.10. The van der Waals surface area contributed by atoms with Crippen molar-refractivity contribution >= 4 is 17.4 Å². The zero-order chi connectivity index (χ0) is 20.8. The summed E-state index contributed by atoms with van der Waals surface area (Å²) in [5.41, 5.74) is 0.185. The normalized spacial score (nSPS) is 41.3. The molecule has 1 spiro atoms. The lowest BCUT2D eigenvalue weighted by atomic mass is 9.51. The summed E-state index contributed by atoms with van der Waals surface area (Å²) in [4.78, 5) is 15.9. The van der Waals surface area contributed by atoms with Gasteiger partial charge in [-0.05, 0) is 44.1 Å². The number of hydrogen-bond donors (Lipinski definition) is 2. The van der Waals surface area contributed by atoms with E-state index in [1.165, 1.54) is 0 Å². The van der Waals surface area contributed by atoms with Crippen LogP contribution in [0.3, 0.4) is 0 Å². The van der Waals surface area contributed by atoms with Gasteiger partial charge in [0.25, 0.3) is 0 Å². The highest BCUT2D eigenvalue weighted by molar-refractivity contribution is 6.34. The Labute approximate surface area is 180 Å². The summed E-state index contributed by atoms with van der Waals surface area (Å²) in [5, 5.41) is 22.9. The van der Waals surface area contributed by atoms with Gasteiger partial charge in [0.15, 0.2) is 5.60 Å². The molecule has 1 unspecified atom stereocenters. The van der Waals surface area contributed by atoms with Gasteiger partial charge in [0.05, 0.1) is 5.02 Å². The Balaban J connectivity index is 1.54. The number of ketones is 1. The summed E-state index contributed by atoms with van der Waals surface area (Å²) >= 11 is 6.29. The molecule has 1 aromatic carbocycles. The predicted molar refractivity (Wildman–Crippen MR) is 112 cm³/mol. The van der Waals surface area contributed by atoms with Crippen molar-refractivity contribution in [2.75, 3.05) is 13.6 Å². The number of hydrogen-bond acceptors (Lipinski definition) is 5. The van der Waals surface area contributed by atoms with Crippen LogP contribution in [0.4, 0.5) is 0 Å². The SMILES string of the molecule is CN1CC[C@]23C4=C5O[C@H]2[C@@H](O)C=C[C@H]3[C@H]1CC4=CCC5(O)C(=O)c1ccccc1Cl. The Bertz CT molecular complexity index is 1060. The van der Waals surface area contributed by atoms with Crippen molar-refractivity contribution in [2.45, 2.75) is 43.1 Å². The van der Waals surface area contributed by atoms with E-state index in [0.29, 0.717) is 16.8 Å². The van der Waals surface area contributed by atoms with Crippen molar-refractivity contribution in [3.05, 3.63) is 70.0 Å². The molecule has 2 heterocycles. The first-order valence-corrected chi connectivity index (χ1v) is 11.0. The maximum atomic E-state index is 13.5. The van der Waals surface area contributed by atoms with Gasteiger partial charge in [-0.3, -0.25) is 4.79 Å². The molecule has 6 rings (SSSR count). The number of benzene rings is 1. The molecule has 3 aliphatic carbocycles. The lowest BCUT2D eigenvalue weighted by Crippen LogP contribution is -2.62. The first-order valence-electron chi connectivity index (χ1n) is 10.6. The van der Waals surface area contributed by atoms with Gasteiger partial charge in [0.1, 0.15) is 18.0 Å². The molecule has 1 aromatic rings. The van der Waals surface area contributed by atoms with E-state index in [-0.39, 0.29) is 17.9 Å². The lowest BCUT2D eigenvalue weighted by molar-refractivity contribution is -0.0989. The average molecular weight is 426 g/mol. The van der Waals surface area contributed by atoms with Crippen LogP contribution in [0.25, 0.3) is 0 Å². The monoisotopic (exact) mass is 425 g/mol. The number of carbonyl (C=O) groups is 1. The summed E-state index contributed by atoms with van der Waals surface area (Å²) < 4.78 is 6.38. The second-order valence-corrected chi connectivity index (χ2v) is 9.70. The number of halogens is 1. The predicted octanol–water partition coefficient (Wildman–Crippen LogP) is 2.88. The third-order valence-electron chi connectivity index (χ3n) is 7.99. The number of aliphatic hydroxyl groups is 2. The van der Waals surface area contributed by atoms with Crippen LogP contribution < -0.4 is 0 Å². The van der Waals surface area contributed by atoms with Crippen molar-refractivity contribution in [1.82, 2.24) is 4.90 Å². The van der Waals surface area contributed by atoms with Crippen molar-refractivity contribution in [3.8, 4) is 0 Å². The molecule has 0 amide bonds. The maximum Gasteiger partial charge on any atom is 0.203 e. The molecule has 5 nitrogen and oxygen atoms in total. The molecule has 30 heavy (non-hydrogen) atoms. The molecular weight excluding hydrogens is 402 g/mol. The molecule has 2 N–H and O–H groups in total. The standard InChI is InChI=1S/C24H24ClNO4/c1-26-11-10-23-15-6-7-18(27)21(23)30-22-19(23)13(12-17(15)26)8-9-24(22,29)20(28)14-4-2-3-5-16(14)25/h2-8,15,17-18,21,27,29H,9-12H2,1H3/t15-,17+,18-,21-,23-,24?/m0/s1. The molecule has 2 aliphatic heterocycles. The Morgan fingerprint density at radius 3 is 2.90 bits per heavy atom. The van der Waals surface area contributed by atoms with Crippen LogP contribution in [-0.2, 0) is 4.74 Å². The number of carbonyl (C=O) groups excluding carboxylic acids is 1. The van der Waals surface area contributed by atoms with Gasteiger partial charge in [-0.1, -0.05) is 42.0 Å². The van der Waals surface area contributed by atoms with E-state index in [9.17, 15) is 15.0 Å². The number of aliphatic hydroxyl groups excluding tert-OH is 1. The van der Waals surface area contributed by atoms with E-state index in [0.717, 1.165) is 30.5 Å². The number of likely N-dealkylation sites (tertiary alicyclic amines) is 1. The highest BCUT2D eigenvalue weighted by Crippen LogP contribution is 2.66. The molecule has 2 fully saturated rings. The summed E-state index contributed by atoms with van der Waals surface area (Å²) in [7, 11) is 2.15. The number of piperidine rings is 1. The van der Waals surface area contributed by atoms with E-state index in [2.05, 4.69) is 18.0 Å². The Morgan fingerprint density at radius 2 is 2.10 bits per heavy atom. The van der Waals surface area contributed by atoms with Gasteiger partial charge < -0.3 is 19.8 Å². The van der Waals surface area contributed by atoms with E-state index in [4.69, 9.17) is 16.3 Å². The smallest absolute Gasteiger partial charge is 0.203 e. The second-order valence-electron chi connectivity index (χ2n) is 9.29. The van der Waals surface area contributed by atoms with Gasteiger partial charge in [-0.25, -0.2) is 0 Å². The van der Waals surface area contributed by atoms with E-state index in [1.54, 1.807) is 24.3 Å². The van der Waals surface area contributed by atoms with E-state index in [1.807, 2.05) is 12.2 Å². The summed E-state index contributed by atoms with van der Waals surface area (Å²) in [6, 6.07) is 7.12. The molecule has 1 saturated carbocycles. The molecule has 0 aromatic heterocycles. The largest absolute Gasteiger partial charge is 0.487 e. The minimum Gasteiger partial charge on any atom is -0.487 e. The Kier molecular flexibility index (Phi) is 3.81. The highest BCUT2D eigenvalue weighted by Gasteiger charge is 2.68. The lowest BCUT2D eigenvalue weighted by Gasteiger charge is -2.58. The molecule has 1 saturated heterocycles. The van der Waals surface area contributed by atoms with Gasteiger partial charge in [0.2, 0.25) is 5.78 Å². The molecular formula is C24H24ClNO4. The van der Waals surface area contributed by atoms with Gasteiger partial charge in [-0.2, -0.15) is 0 Å². The van der Waals surface area contributed by atoms with Crippen molar-refractivity contribution in [1.29, 1.82) is 0 Å². The maximum absolute atomic E-state index is 13.5. The van der Waals surface area contributed by atoms with Crippen LogP contribution in [0.5, 0.6) is 0 Å². The number of nitrogens with zero attached hydrogens (tertiary/aromatic N) is 1. The summed E-state index contributed by atoms with van der Waals surface area (Å²) in [6.45, 7) is 0.891. The van der Waals surface area contributed by atoms with Crippen LogP contribution in [0, 0.1) is 11.3 Å². The minimum atomic E-state index is -1.81. The van der Waals surface area contributed by atoms with Gasteiger partial charge in [-0.15, -0.1) is 0 Å². The first kappa shape index (κ1) is 18.8. The minimum absolute atomic E-state index is 0.151. The topological polar surface area (TPSA) is 70.0 Å². The molecule has 5 aliphatic rings. The fourth-order valence-electron chi connectivity index (χ4n) is 6.56. The van der Waals surface area contributed by atoms with Crippen LogP contribution in [-0.4, -0.2) is 58.3 Å². The Morgan fingerprint density at radius 1 is 1.30 bits per heavy atom. The van der Waals surface area contributed by atoms with Crippen molar-refractivity contribution in [3.63, 3.8) is 0 Å². The summed E-state index contributed by atoms with van der Waals surface area (Å²) in [6.07, 6.45) is 6.53. The van der Waals surface area contributed by atoms with Crippen LogP contribution in [0.2, 0.25) is 5.02 Å². The molecule has 2 bridgehead atoms. The number of rotatable bonds is 2. The van der Waals surface area contributed by atoms with Crippen molar-refractivity contribution in [2.24, 2.45) is 11.3 Å². The third kappa shape index (κ3) is 2.11. The van der Waals surface area contributed by atoms with Crippen LogP contribution in [0.15, 0.2) is 59.4 Å². The fourth-order valence-corrected chi connectivity index (χ4v) is 6.78. The number of ether oxygens (including phenoxy) is 1. The fraction of sp³-hybridized carbons (Fsp3) is 0.458. The number of Topliss-reactive ketones (excluding diaryl/α,β-unsaturated/α-hetero) is 1.